The number of hydrogen-bond donors (Lipinski definition) is 1. The molecule has 0 radical (unpaired) electrons. The summed E-state index contributed by atoms with van der Waals surface area (Å²) in [4.78, 5) is 26.9. The van der Waals surface area contributed by atoms with Crippen LogP contribution in [0, 0.1) is 5.92 Å². The summed E-state index contributed by atoms with van der Waals surface area (Å²) in [6.45, 7) is 4.61. The van der Waals surface area contributed by atoms with Crippen molar-refractivity contribution in [3.05, 3.63) is 48.5 Å². The van der Waals surface area contributed by atoms with Gasteiger partial charge in [-0.05, 0) is 36.4 Å². The van der Waals surface area contributed by atoms with Gasteiger partial charge in [-0.3, -0.25) is 9.59 Å². The van der Waals surface area contributed by atoms with E-state index in [1.807, 2.05) is 0 Å². The largest absolute Gasteiger partial charge is 0.497 e. The molecule has 1 aliphatic heterocycles. The second kappa shape index (κ2) is 9.49. The normalized spacial score (nSPS) is 16.6. The predicted octanol–water partition coefficient (Wildman–Crippen LogP) is 2.72. The molecule has 1 saturated heterocycles. The van der Waals surface area contributed by atoms with Crippen molar-refractivity contribution in [3.63, 3.8) is 0 Å². The van der Waals surface area contributed by atoms with Gasteiger partial charge < -0.3 is 15.0 Å². The summed E-state index contributed by atoms with van der Waals surface area (Å²) in [7, 11) is -2.00. The van der Waals surface area contributed by atoms with Crippen molar-refractivity contribution in [1.29, 1.82) is 0 Å². The highest BCUT2D eigenvalue weighted by Gasteiger charge is 2.35. The Kier molecular flexibility index (Phi) is 6.97. The fourth-order valence-electron chi connectivity index (χ4n) is 3.58. The summed E-state index contributed by atoms with van der Waals surface area (Å²) in [5.74, 6) is -0.275. The Balaban J connectivity index is 1.67. The molecular formula is C22H27N3O5S. The number of carbonyl (C=O) groups excluding carboxylic acids is 2. The van der Waals surface area contributed by atoms with Crippen LogP contribution in [0.2, 0.25) is 0 Å². The Hall–Kier alpha value is -2.91. The molecule has 166 valence electrons. The van der Waals surface area contributed by atoms with Gasteiger partial charge in [-0.2, -0.15) is 4.31 Å². The second-order valence-electron chi connectivity index (χ2n) is 7.21. The first-order valence-corrected chi connectivity index (χ1v) is 11.6. The number of nitrogens with one attached hydrogen (secondary N) is 1. The Morgan fingerprint density at radius 3 is 2.45 bits per heavy atom. The molecule has 0 spiro atoms. The maximum Gasteiger partial charge on any atom is 0.243 e. The zero-order chi connectivity index (χ0) is 22.6. The first-order chi connectivity index (χ1) is 14.8. The first kappa shape index (κ1) is 22.8. The summed E-state index contributed by atoms with van der Waals surface area (Å²) in [5.41, 5.74) is 1.17. The van der Waals surface area contributed by atoms with Gasteiger partial charge in [0.05, 0.1) is 17.9 Å². The summed E-state index contributed by atoms with van der Waals surface area (Å²) in [5, 5.41) is 2.78. The van der Waals surface area contributed by atoms with Gasteiger partial charge in [0.1, 0.15) is 5.75 Å². The minimum atomic E-state index is -3.55. The minimum Gasteiger partial charge on any atom is -0.497 e. The number of benzene rings is 2. The number of nitrogens with zero attached hydrogens (tertiary/aromatic N) is 2. The van der Waals surface area contributed by atoms with Crippen molar-refractivity contribution in [2.45, 2.75) is 25.2 Å². The fraction of sp³-hybridized carbons (Fsp3) is 0.364. The molecule has 2 aromatic carbocycles. The molecule has 9 heteroatoms. The lowest BCUT2D eigenvalue weighted by Gasteiger charge is -2.19. The number of carbonyl (C=O) groups is 2. The lowest BCUT2D eigenvalue weighted by Crippen LogP contribution is -2.30. The number of amides is 2. The molecular weight excluding hydrogens is 418 g/mol. The molecule has 1 N–H and O–H groups in total. The lowest BCUT2D eigenvalue weighted by atomic mass is 10.1. The number of sulfonamides is 1. The Morgan fingerprint density at radius 1 is 1.16 bits per heavy atom. The van der Waals surface area contributed by atoms with Crippen LogP contribution in [0.15, 0.2) is 53.4 Å². The van der Waals surface area contributed by atoms with Crippen LogP contribution in [-0.2, 0) is 19.6 Å². The van der Waals surface area contributed by atoms with E-state index in [4.69, 9.17) is 4.74 Å². The molecule has 1 fully saturated rings. The Bertz CT molecular complexity index is 1050. The number of ether oxygens (including phenoxy) is 1. The zero-order valence-electron chi connectivity index (χ0n) is 17.9. The van der Waals surface area contributed by atoms with Crippen LogP contribution in [0.4, 0.5) is 11.4 Å². The molecule has 0 saturated carbocycles. The van der Waals surface area contributed by atoms with Crippen LogP contribution >= 0.6 is 0 Å². The molecule has 31 heavy (non-hydrogen) atoms. The molecule has 0 unspecified atom stereocenters. The van der Waals surface area contributed by atoms with Gasteiger partial charge in [-0.15, -0.1) is 0 Å². The molecule has 0 bridgehead atoms. The van der Waals surface area contributed by atoms with E-state index in [2.05, 4.69) is 5.32 Å². The quantitative estimate of drug-likeness (QED) is 0.674. The van der Waals surface area contributed by atoms with Crippen LogP contribution < -0.4 is 15.0 Å². The van der Waals surface area contributed by atoms with Crippen LogP contribution in [0.3, 0.4) is 0 Å². The van der Waals surface area contributed by atoms with Crippen molar-refractivity contribution in [2.24, 2.45) is 5.92 Å². The van der Waals surface area contributed by atoms with Gasteiger partial charge in [0.15, 0.2) is 0 Å². The lowest BCUT2D eigenvalue weighted by molar-refractivity contribution is -0.122. The molecule has 8 nitrogen and oxygen atoms in total. The fourth-order valence-corrected chi connectivity index (χ4v) is 5.04. The third-order valence-electron chi connectivity index (χ3n) is 5.33. The molecule has 1 aliphatic rings. The first-order valence-electron chi connectivity index (χ1n) is 10.2. The van der Waals surface area contributed by atoms with E-state index in [0.717, 1.165) is 0 Å². The predicted molar refractivity (Wildman–Crippen MR) is 119 cm³/mol. The van der Waals surface area contributed by atoms with Crippen molar-refractivity contribution >= 4 is 33.2 Å². The smallest absolute Gasteiger partial charge is 0.243 e. The second-order valence-corrected chi connectivity index (χ2v) is 9.15. The van der Waals surface area contributed by atoms with E-state index in [1.165, 1.54) is 16.4 Å². The van der Waals surface area contributed by atoms with E-state index in [1.54, 1.807) is 62.3 Å². The molecule has 0 aliphatic carbocycles. The Labute approximate surface area is 182 Å². The third kappa shape index (κ3) is 4.88. The average molecular weight is 446 g/mol. The minimum absolute atomic E-state index is 0.109. The highest BCUT2D eigenvalue weighted by Crippen LogP contribution is 2.28. The van der Waals surface area contributed by atoms with Crippen LogP contribution in [0.5, 0.6) is 5.75 Å². The zero-order valence-corrected chi connectivity index (χ0v) is 18.7. The van der Waals surface area contributed by atoms with E-state index in [9.17, 15) is 18.0 Å². The number of methoxy groups -OCH3 is 1. The maximum absolute atomic E-state index is 12.7. The SMILES string of the molecule is CCN(CC)S(=O)(=O)c1ccc(NC(=O)[C@H]2CC(=O)N(c3cccc(OC)c3)C2)cc1. The Morgan fingerprint density at radius 2 is 1.84 bits per heavy atom. The average Bonchev–Trinajstić information content (AvgIpc) is 3.16. The third-order valence-corrected chi connectivity index (χ3v) is 7.39. The standard InChI is InChI=1S/C22H27N3O5S/c1-4-24(5-2)31(28,29)20-11-9-17(10-12-20)23-22(27)16-13-21(26)25(15-16)18-7-6-8-19(14-18)30-3/h6-12,14,16H,4-5,13,15H2,1-3H3,(H,23,27)/t16-/m0/s1. The molecule has 1 atom stereocenters. The van der Waals surface area contributed by atoms with Gasteiger partial charge in [0, 0.05) is 43.5 Å². The summed E-state index contributed by atoms with van der Waals surface area (Å²) >= 11 is 0. The maximum atomic E-state index is 12.7. The number of rotatable bonds is 8. The van der Waals surface area contributed by atoms with E-state index >= 15 is 0 Å². The number of hydrogen-bond acceptors (Lipinski definition) is 5. The van der Waals surface area contributed by atoms with Crippen LogP contribution in [0.1, 0.15) is 20.3 Å². The van der Waals surface area contributed by atoms with Crippen molar-refractivity contribution in [2.75, 3.05) is 37.0 Å². The number of anilines is 2. The van der Waals surface area contributed by atoms with Crippen molar-refractivity contribution in [1.82, 2.24) is 4.31 Å². The molecule has 3 rings (SSSR count). The van der Waals surface area contributed by atoms with Gasteiger partial charge in [-0.25, -0.2) is 8.42 Å². The van der Waals surface area contributed by atoms with Gasteiger partial charge in [0.2, 0.25) is 21.8 Å². The summed E-state index contributed by atoms with van der Waals surface area (Å²) in [6, 6.07) is 13.2. The molecule has 2 aromatic rings. The van der Waals surface area contributed by atoms with Gasteiger partial charge in [0.25, 0.3) is 0 Å². The van der Waals surface area contributed by atoms with Crippen LogP contribution in [0.25, 0.3) is 0 Å². The van der Waals surface area contributed by atoms with E-state index in [0.29, 0.717) is 30.2 Å². The summed E-state index contributed by atoms with van der Waals surface area (Å²) in [6.07, 6.45) is 0.109. The topological polar surface area (TPSA) is 96.0 Å². The highest BCUT2D eigenvalue weighted by molar-refractivity contribution is 7.89. The monoisotopic (exact) mass is 445 g/mol. The molecule has 2 amide bonds. The molecule has 1 heterocycles. The van der Waals surface area contributed by atoms with Crippen LogP contribution in [-0.4, -0.2) is 51.3 Å². The van der Waals surface area contributed by atoms with Crippen molar-refractivity contribution < 1.29 is 22.7 Å². The molecule has 0 aromatic heterocycles. The highest BCUT2D eigenvalue weighted by atomic mass is 32.2. The van der Waals surface area contributed by atoms with Gasteiger partial charge in [-0.1, -0.05) is 19.9 Å². The van der Waals surface area contributed by atoms with Crippen molar-refractivity contribution in [3.8, 4) is 5.75 Å². The summed E-state index contributed by atoms with van der Waals surface area (Å²) < 4.78 is 31.7. The van der Waals surface area contributed by atoms with Gasteiger partial charge >= 0.3 is 0 Å². The van der Waals surface area contributed by atoms with E-state index < -0.39 is 15.9 Å². The van der Waals surface area contributed by atoms with E-state index in [-0.39, 0.29) is 29.7 Å².